The standard InChI is InChI=1S/C25H19ClN2O5/c1-32-22-11-5-7-17(23(22)33-15-16-6-4-8-19(26)12-16)13-18(14-27)24(29)28-21-10-3-2-9-20(21)25(30)31/h2-13H,15H2,1H3,(H,28,29)(H,30,31)/b18-13+. The van der Waals surface area contributed by atoms with Crippen LogP contribution < -0.4 is 14.8 Å². The highest BCUT2D eigenvalue weighted by atomic mass is 35.5. The van der Waals surface area contributed by atoms with Crippen LogP contribution in [-0.2, 0) is 11.4 Å². The van der Waals surface area contributed by atoms with Crippen LogP contribution in [0.4, 0.5) is 5.69 Å². The van der Waals surface area contributed by atoms with E-state index in [2.05, 4.69) is 5.32 Å². The van der Waals surface area contributed by atoms with E-state index in [4.69, 9.17) is 21.1 Å². The van der Waals surface area contributed by atoms with Gasteiger partial charge in [-0.2, -0.15) is 5.26 Å². The second-order valence-corrected chi connectivity index (χ2v) is 7.21. The van der Waals surface area contributed by atoms with E-state index >= 15 is 0 Å². The Hall–Kier alpha value is -4.28. The molecule has 3 aromatic carbocycles. The fourth-order valence-electron chi connectivity index (χ4n) is 3.02. The SMILES string of the molecule is COc1cccc(/C=C(\C#N)C(=O)Nc2ccccc2C(=O)O)c1OCc1cccc(Cl)c1. The molecule has 0 unspecified atom stereocenters. The normalized spacial score (nSPS) is 10.8. The number of nitriles is 1. The summed E-state index contributed by atoms with van der Waals surface area (Å²) in [6, 6.07) is 20.0. The van der Waals surface area contributed by atoms with Gasteiger partial charge < -0.3 is 19.9 Å². The molecule has 3 rings (SSSR count). The molecule has 0 heterocycles. The molecule has 0 atom stereocenters. The van der Waals surface area contributed by atoms with Gasteiger partial charge in [0.15, 0.2) is 11.5 Å². The van der Waals surface area contributed by atoms with Crippen LogP contribution in [-0.4, -0.2) is 24.1 Å². The monoisotopic (exact) mass is 462 g/mol. The lowest BCUT2D eigenvalue weighted by Crippen LogP contribution is -2.16. The number of carboxylic acids is 1. The first kappa shape index (κ1) is 23.4. The lowest BCUT2D eigenvalue weighted by atomic mass is 10.1. The molecule has 0 bridgehead atoms. The summed E-state index contributed by atoms with van der Waals surface area (Å²) in [6.07, 6.45) is 1.36. The Labute approximate surface area is 195 Å². The lowest BCUT2D eigenvalue weighted by Gasteiger charge is -2.14. The number of halogens is 1. The number of nitrogens with one attached hydrogen (secondary N) is 1. The Kier molecular flexibility index (Phi) is 7.68. The Balaban J connectivity index is 1.91. The Bertz CT molecular complexity index is 1260. The van der Waals surface area contributed by atoms with Crippen molar-refractivity contribution in [1.82, 2.24) is 0 Å². The summed E-state index contributed by atoms with van der Waals surface area (Å²) in [5.41, 5.74) is 1.02. The summed E-state index contributed by atoms with van der Waals surface area (Å²) < 4.78 is 11.3. The molecule has 8 heteroatoms. The number of anilines is 1. The summed E-state index contributed by atoms with van der Waals surface area (Å²) in [5, 5.41) is 21.9. The van der Waals surface area contributed by atoms with Gasteiger partial charge in [-0.05, 0) is 42.0 Å². The maximum Gasteiger partial charge on any atom is 0.337 e. The van der Waals surface area contributed by atoms with Gasteiger partial charge in [0.25, 0.3) is 5.91 Å². The van der Waals surface area contributed by atoms with Crippen molar-refractivity contribution in [2.24, 2.45) is 0 Å². The topological polar surface area (TPSA) is 109 Å². The third kappa shape index (κ3) is 5.91. The number of methoxy groups -OCH3 is 1. The number of benzene rings is 3. The zero-order chi connectivity index (χ0) is 23.8. The van der Waals surface area contributed by atoms with E-state index in [1.54, 1.807) is 48.5 Å². The quantitative estimate of drug-likeness (QED) is 0.353. The minimum atomic E-state index is -1.20. The summed E-state index contributed by atoms with van der Waals surface area (Å²) >= 11 is 6.03. The van der Waals surface area contributed by atoms with E-state index in [1.807, 2.05) is 12.1 Å². The van der Waals surface area contributed by atoms with Gasteiger partial charge in [-0.15, -0.1) is 0 Å². The van der Waals surface area contributed by atoms with Crippen molar-refractivity contribution in [2.75, 3.05) is 12.4 Å². The number of hydrogen-bond donors (Lipinski definition) is 2. The van der Waals surface area contributed by atoms with E-state index < -0.39 is 11.9 Å². The van der Waals surface area contributed by atoms with Crippen LogP contribution in [0.1, 0.15) is 21.5 Å². The zero-order valence-electron chi connectivity index (χ0n) is 17.5. The van der Waals surface area contributed by atoms with Crippen molar-refractivity contribution in [3.8, 4) is 17.6 Å². The number of hydrogen-bond acceptors (Lipinski definition) is 5. The molecular weight excluding hydrogens is 444 g/mol. The molecule has 0 saturated carbocycles. The van der Waals surface area contributed by atoms with E-state index in [0.717, 1.165) is 5.56 Å². The maximum absolute atomic E-state index is 12.7. The summed E-state index contributed by atoms with van der Waals surface area (Å²) in [4.78, 5) is 24.1. The molecule has 3 aromatic rings. The van der Waals surface area contributed by atoms with E-state index in [-0.39, 0.29) is 23.4 Å². The number of ether oxygens (including phenoxy) is 2. The maximum atomic E-state index is 12.7. The predicted octanol–water partition coefficient (Wildman–Crippen LogP) is 5.17. The highest BCUT2D eigenvalue weighted by Gasteiger charge is 2.17. The van der Waals surface area contributed by atoms with Crippen LogP contribution in [0, 0.1) is 11.3 Å². The van der Waals surface area contributed by atoms with Gasteiger partial charge in [0.1, 0.15) is 18.2 Å². The molecule has 0 aliphatic heterocycles. The van der Waals surface area contributed by atoms with E-state index in [0.29, 0.717) is 22.1 Å². The van der Waals surface area contributed by atoms with Crippen molar-refractivity contribution in [1.29, 1.82) is 5.26 Å². The molecule has 33 heavy (non-hydrogen) atoms. The third-order valence-electron chi connectivity index (χ3n) is 4.57. The number of rotatable bonds is 8. The third-order valence-corrected chi connectivity index (χ3v) is 4.81. The number of amides is 1. The van der Waals surface area contributed by atoms with Crippen LogP contribution in [0.5, 0.6) is 11.5 Å². The lowest BCUT2D eigenvalue weighted by molar-refractivity contribution is -0.112. The zero-order valence-corrected chi connectivity index (χ0v) is 18.3. The Morgan fingerprint density at radius 2 is 1.88 bits per heavy atom. The van der Waals surface area contributed by atoms with Crippen LogP contribution >= 0.6 is 11.6 Å². The summed E-state index contributed by atoms with van der Waals surface area (Å²) in [5.74, 6) is -1.20. The molecule has 0 radical (unpaired) electrons. The molecule has 0 fully saturated rings. The molecule has 1 amide bonds. The van der Waals surface area contributed by atoms with Gasteiger partial charge in [0, 0.05) is 10.6 Å². The predicted molar refractivity (Wildman–Crippen MR) is 124 cm³/mol. The first-order valence-corrected chi connectivity index (χ1v) is 10.1. The number of nitrogens with zero attached hydrogens (tertiary/aromatic N) is 1. The number of carboxylic acid groups (broad SMARTS) is 1. The van der Waals surface area contributed by atoms with Crippen LogP contribution in [0.15, 0.2) is 72.3 Å². The number of para-hydroxylation sites is 2. The van der Waals surface area contributed by atoms with E-state index in [9.17, 15) is 20.0 Å². The van der Waals surface area contributed by atoms with Crippen LogP contribution in [0.3, 0.4) is 0 Å². The second-order valence-electron chi connectivity index (χ2n) is 6.77. The summed E-state index contributed by atoms with van der Waals surface area (Å²) in [6.45, 7) is 0.182. The van der Waals surface area contributed by atoms with Crippen molar-refractivity contribution < 1.29 is 24.2 Å². The molecule has 0 aromatic heterocycles. The van der Waals surface area contributed by atoms with Crippen molar-refractivity contribution >= 4 is 35.2 Å². The average molecular weight is 463 g/mol. The fraction of sp³-hybridized carbons (Fsp3) is 0.0800. The molecular formula is C25H19ClN2O5. The first-order chi connectivity index (χ1) is 15.9. The van der Waals surface area contributed by atoms with Gasteiger partial charge in [-0.1, -0.05) is 48.0 Å². The molecule has 2 N–H and O–H groups in total. The first-order valence-electron chi connectivity index (χ1n) is 9.72. The van der Waals surface area contributed by atoms with E-state index in [1.165, 1.54) is 25.3 Å². The van der Waals surface area contributed by atoms with Gasteiger partial charge >= 0.3 is 5.97 Å². The summed E-state index contributed by atoms with van der Waals surface area (Å²) in [7, 11) is 1.48. The Morgan fingerprint density at radius 3 is 2.58 bits per heavy atom. The smallest absolute Gasteiger partial charge is 0.337 e. The van der Waals surface area contributed by atoms with Gasteiger partial charge in [-0.25, -0.2) is 4.79 Å². The van der Waals surface area contributed by atoms with Crippen molar-refractivity contribution in [3.05, 3.63) is 94.0 Å². The van der Waals surface area contributed by atoms with Gasteiger partial charge in [0.2, 0.25) is 0 Å². The molecule has 0 saturated heterocycles. The number of carbonyl (C=O) groups excluding carboxylic acids is 1. The van der Waals surface area contributed by atoms with Crippen LogP contribution in [0.2, 0.25) is 5.02 Å². The van der Waals surface area contributed by atoms with Gasteiger partial charge in [-0.3, -0.25) is 4.79 Å². The number of carbonyl (C=O) groups is 2. The highest BCUT2D eigenvalue weighted by molar-refractivity contribution is 6.30. The minimum absolute atomic E-state index is 0.0826. The minimum Gasteiger partial charge on any atom is -0.493 e. The molecule has 7 nitrogen and oxygen atoms in total. The van der Waals surface area contributed by atoms with Crippen LogP contribution in [0.25, 0.3) is 6.08 Å². The molecule has 166 valence electrons. The fourth-order valence-corrected chi connectivity index (χ4v) is 3.23. The molecule has 0 spiro atoms. The van der Waals surface area contributed by atoms with Crippen molar-refractivity contribution in [2.45, 2.75) is 6.61 Å². The van der Waals surface area contributed by atoms with Gasteiger partial charge in [0.05, 0.1) is 18.4 Å². The molecule has 0 aliphatic carbocycles. The second kappa shape index (κ2) is 10.8. The van der Waals surface area contributed by atoms with Crippen molar-refractivity contribution in [3.63, 3.8) is 0 Å². The Morgan fingerprint density at radius 1 is 1.12 bits per heavy atom. The largest absolute Gasteiger partial charge is 0.493 e. The average Bonchev–Trinajstić information content (AvgIpc) is 2.81. The number of aromatic carboxylic acids is 1. The highest BCUT2D eigenvalue weighted by Crippen LogP contribution is 2.33. The molecule has 0 aliphatic rings.